The fourth-order valence-electron chi connectivity index (χ4n) is 1.88. The Bertz CT molecular complexity index is 570. The number of benzene rings is 2. The predicted molar refractivity (Wildman–Crippen MR) is 82.3 cm³/mol. The van der Waals surface area contributed by atoms with Crippen LogP contribution in [0, 0.1) is 0 Å². The third-order valence-corrected chi connectivity index (χ3v) is 3.03. The fraction of sp³-hybridized carbons (Fsp3) is 0.200. The second kappa shape index (κ2) is 6.27. The van der Waals surface area contributed by atoms with Crippen LogP contribution in [0.2, 0.25) is 0 Å². The molecule has 0 aliphatic heterocycles. The molecule has 5 heteroatoms. The van der Waals surface area contributed by atoms with Crippen molar-refractivity contribution in [2.24, 2.45) is 0 Å². The first-order valence-corrected chi connectivity index (χ1v) is 6.38. The van der Waals surface area contributed by atoms with Crippen LogP contribution in [-0.4, -0.2) is 29.5 Å². The SMILES string of the molecule is Nc1ccc(-c2cc(NCC(O)CO)ccc2N)cc1. The van der Waals surface area contributed by atoms with E-state index in [1.165, 1.54) is 0 Å². The molecule has 0 radical (unpaired) electrons. The van der Waals surface area contributed by atoms with Crippen molar-refractivity contribution in [1.29, 1.82) is 0 Å². The van der Waals surface area contributed by atoms with Crippen LogP contribution in [0.25, 0.3) is 11.1 Å². The third-order valence-electron chi connectivity index (χ3n) is 3.03. The zero-order valence-electron chi connectivity index (χ0n) is 11.1. The molecule has 1 unspecified atom stereocenters. The minimum atomic E-state index is -0.785. The summed E-state index contributed by atoms with van der Waals surface area (Å²) in [5.41, 5.74) is 15.7. The van der Waals surface area contributed by atoms with Crippen LogP contribution in [0.4, 0.5) is 17.1 Å². The summed E-state index contributed by atoms with van der Waals surface area (Å²) in [4.78, 5) is 0. The molecule has 20 heavy (non-hydrogen) atoms. The van der Waals surface area contributed by atoms with Gasteiger partial charge in [0.2, 0.25) is 0 Å². The first-order valence-electron chi connectivity index (χ1n) is 6.38. The van der Waals surface area contributed by atoms with E-state index in [0.717, 1.165) is 16.8 Å². The average Bonchev–Trinajstić information content (AvgIpc) is 2.47. The Morgan fingerprint density at radius 1 is 1.05 bits per heavy atom. The van der Waals surface area contributed by atoms with Gasteiger partial charge in [0.15, 0.2) is 0 Å². The van der Waals surface area contributed by atoms with Crippen LogP contribution in [0.3, 0.4) is 0 Å². The first-order chi connectivity index (χ1) is 9.60. The van der Waals surface area contributed by atoms with Crippen LogP contribution in [-0.2, 0) is 0 Å². The topological polar surface area (TPSA) is 105 Å². The highest BCUT2D eigenvalue weighted by atomic mass is 16.3. The molecule has 0 bridgehead atoms. The fourth-order valence-corrected chi connectivity index (χ4v) is 1.88. The zero-order chi connectivity index (χ0) is 14.5. The molecule has 106 valence electrons. The number of rotatable bonds is 5. The van der Waals surface area contributed by atoms with Crippen molar-refractivity contribution in [2.45, 2.75) is 6.10 Å². The van der Waals surface area contributed by atoms with Crippen LogP contribution >= 0.6 is 0 Å². The van der Waals surface area contributed by atoms with Gasteiger partial charge in [-0.3, -0.25) is 0 Å². The van der Waals surface area contributed by atoms with E-state index in [2.05, 4.69) is 5.32 Å². The summed E-state index contributed by atoms with van der Waals surface area (Å²) in [6.07, 6.45) is -0.785. The van der Waals surface area contributed by atoms with Crippen LogP contribution in [0.1, 0.15) is 0 Å². The van der Waals surface area contributed by atoms with E-state index in [1.54, 1.807) is 6.07 Å². The quantitative estimate of drug-likeness (QED) is 0.528. The number of nitrogens with one attached hydrogen (secondary N) is 1. The normalized spacial score (nSPS) is 12.1. The lowest BCUT2D eigenvalue weighted by molar-refractivity contribution is 0.105. The van der Waals surface area contributed by atoms with Crippen molar-refractivity contribution >= 4 is 17.1 Å². The van der Waals surface area contributed by atoms with E-state index in [1.807, 2.05) is 36.4 Å². The van der Waals surface area contributed by atoms with Crippen molar-refractivity contribution in [3.05, 3.63) is 42.5 Å². The van der Waals surface area contributed by atoms with Crippen molar-refractivity contribution in [1.82, 2.24) is 0 Å². The smallest absolute Gasteiger partial charge is 0.0942 e. The summed E-state index contributed by atoms with van der Waals surface area (Å²) in [6.45, 7) is 0.00832. The number of anilines is 3. The molecule has 0 aliphatic rings. The molecule has 0 amide bonds. The Morgan fingerprint density at radius 3 is 2.40 bits per heavy atom. The van der Waals surface area contributed by atoms with E-state index in [-0.39, 0.29) is 13.2 Å². The van der Waals surface area contributed by atoms with E-state index < -0.39 is 6.10 Å². The molecular weight excluding hydrogens is 254 g/mol. The molecule has 0 saturated heterocycles. The molecule has 2 aromatic carbocycles. The Labute approximate surface area is 117 Å². The van der Waals surface area contributed by atoms with Crippen molar-refractivity contribution in [3.63, 3.8) is 0 Å². The van der Waals surface area contributed by atoms with Gasteiger partial charge in [0.25, 0.3) is 0 Å². The lowest BCUT2D eigenvalue weighted by Gasteiger charge is -2.13. The largest absolute Gasteiger partial charge is 0.399 e. The van der Waals surface area contributed by atoms with E-state index in [9.17, 15) is 5.11 Å². The Balaban J connectivity index is 2.22. The zero-order valence-corrected chi connectivity index (χ0v) is 11.1. The van der Waals surface area contributed by atoms with E-state index in [4.69, 9.17) is 16.6 Å². The average molecular weight is 273 g/mol. The van der Waals surface area contributed by atoms with Crippen molar-refractivity contribution in [2.75, 3.05) is 29.9 Å². The lowest BCUT2D eigenvalue weighted by Crippen LogP contribution is -2.22. The number of nitrogen functional groups attached to an aromatic ring is 2. The highest BCUT2D eigenvalue weighted by Gasteiger charge is 2.06. The summed E-state index contributed by atoms with van der Waals surface area (Å²) < 4.78 is 0. The Morgan fingerprint density at radius 2 is 1.75 bits per heavy atom. The van der Waals surface area contributed by atoms with Gasteiger partial charge in [-0.15, -0.1) is 0 Å². The van der Waals surface area contributed by atoms with Crippen molar-refractivity contribution in [3.8, 4) is 11.1 Å². The monoisotopic (exact) mass is 273 g/mol. The molecule has 0 fully saturated rings. The molecule has 0 aliphatic carbocycles. The Kier molecular flexibility index (Phi) is 4.45. The maximum Gasteiger partial charge on any atom is 0.0942 e. The highest BCUT2D eigenvalue weighted by molar-refractivity contribution is 5.80. The van der Waals surface area contributed by atoms with Gasteiger partial charge in [-0.1, -0.05) is 12.1 Å². The predicted octanol–water partition coefficient (Wildman–Crippen LogP) is 1.28. The molecule has 7 N–H and O–H groups in total. The second-order valence-electron chi connectivity index (χ2n) is 4.64. The standard InChI is InChI=1S/C15H19N3O2/c16-11-3-1-10(2-4-11)14-7-12(5-6-15(14)17)18-8-13(20)9-19/h1-7,13,18-20H,8-9,16-17H2. The van der Waals surface area contributed by atoms with Gasteiger partial charge in [0.05, 0.1) is 12.7 Å². The van der Waals surface area contributed by atoms with Crippen molar-refractivity contribution < 1.29 is 10.2 Å². The van der Waals surface area contributed by atoms with Crippen LogP contribution in [0.5, 0.6) is 0 Å². The first kappa shape index (κ1) is 14.2. The number of hydrogen-bond donors (Lipinski definition) is 5. The van der Waals surface area contributed by atoms with Gasteiger partial charge in [0, 0.05) is 29.2 Å². The molecule has 5 nitrogen and oxygen atoms in total. The summed E-state index contributed by atoms with van der Waals surface area (Å²) in [7, 11) is 0. The van der Waals surface area contributed by atoms with Gasteiger partial charge in [0.1, 0.15) is 0 Å². The Hall–Kier alpha value is -2.24. The second-order valence-corrected chi connectivity index (χ2v) is 4.64. The molecular formula is C15H19N3O2. The van der Waals surface area contributed by atoms with Gasteiger partial charge < -0.3 is 27.0 Å². The summed E-state index contributed by atoms with van der Waals surface area (Å²) >= 11 is 0. The number of aliphatic hydroxyl groups is 2. The molecule has 2 rings (SSSR count). The van der Waals surface area contributed by atoms with Gasteiger partial charge in [-0.05, 0) is 35.9 Å². The number of hydrogen-bond acceptors (Lipinski definition) is 5. The van der Waals surface area contributed by atoms with E-state index >= 15 is 0 Å². The molecule has 0 spiro atoms. The summed E-state index contributed by atoms with van der Waals surface area (Å²) in [6, 6.07) is 13.0. The summed E-state index contributed by atoms with van der Waals surface area (Å²) in [5.74, 6) is 0. The van der Waals surface area contributed by atoms with Crippen LogP contribution < -0.4 is 16.8 Å². The molecule has 0 saturated carbocycles. The molecule has 1 atom stereocenters. The van der Waals surface area contributed by atoms with Gasteiger partial charge in [-0.25, -0.2) is 0 Å². The molecule has 0 aromatic heterocycles. The maximum absolute atomic E-state index is 9.34. The summed E-state index contributed by atoms with van der Waals surface area (Å²) in [5, 5.41) is 21.2. The lowest BCUT2D eigenvalue weighted by atomic mass is 10.0. The third kappa shape index (κ3) is 3.40. The van der Waals surface area contributed by atoms with Gasteiger partial charge >= 0.3 is 0 Å². The highest BCUT2D eigenvalue weighted by Crippen LogP contribution is 2.29. The number of aliphatic hydroxyl groups excluding tert-OH is 2. The number of nitrogens with two attached hydrogens (primary N) is 2. The minimum Gasteiger partial charge on any atom is -0.399 e. The maximum atomic E-state index is 9.34. The van der Waals surface area contributed by atoms with Gasteiger partial charge in [-0.2, -0.15) is 0 Å². The molecule has 2 aromatic rings. The molecule has 0 heterocycles. The van der Waals surface area contributed by atoms with Crippen LogP contribution in [0.15, 0.2) is 42.5 Å². The minimum absolute atomic E-state index is 0.271. The van der Waals surface area contributed by atoms with E-state index in [0.29, 0.717) is 11.4 Å².